The molecule has 0 aliphatic carbocycles. The minimum Gasteiger partial charge on any atom is -0.388 e. The van der Waals surface area contributed by atoms with E-state index >= 15 is 0 Å². The lowest BCUT2D eigenvalue weighted by molar-refractivity contribution is -0.117. The van der Waals surface area contributed by atoms with Crippen LogP contribution in [0.15, 0.2) is 53.6 Å². The van der Waals surface area contributed by atoms with Gasteiger partial charge >= 0.3 is 0 Å². The van der Waals surface area contributed by atoms with Gasteiger partial charge in [0.15, 0.2) is 5.15 Å². The molecule has 1 unspecified atom stereocenters. The molecule has 1 amide bonds. The Morgan fingerprint density at radius 2 is 1.97 bits per heavy atom. The molecule has 1 aliphatic rings. The number of carbonyl (C=O) groups is 1. The predicted octanol–water partition coefficient (Wildman–Crippen LogP) is 4.93. The summed E-state index contributed by atoms with van der Waals surface area (Å²) in [5, 5.41) is 23.8. The topological polar surface area (TPSA) is 147 Å². The van der Waals surface area contributed by atoms with Crippen LogP contribution in [0.3, 0.4) is 0 Å². The minimum absolute atomic E-state index is 0.293. The number of nitrogens with zero attached hydrogens (tertiary/aromatic N) is 4. The normalized spacial score (nSPS) is 15.6. The number of hydrogen-bond donors (Lipinski definition) is 5. The van der Waals surface area contributed by atoms with Gasteiger partial charge in [0, 0.05) is 52.8 Å². The fourth-order valence-corrected chi connectivity index (χ4v) is 4.79. The monoisotopic (exact) mass is 567 g/mol. The van der Waals surface area contributed by atoms with E-state index in [-0.39, 0.29) is 11.9 Å². The van der Waals surface area contributed by atoms with Crippen LogP contribution in [0.25, 0.3) is 17.2 Å². The maximum Gasteiger partial charge on any atom is 0.244 e. The molecular formula is C27H31Cl2N9O. The highest BCUT2D eigenvalue weighted by Crippen LogP contribution is 2.36. The Hall–Kier alpha value is -3.86. The van der Waals surface area contributed by atoms with Gasteiger partial charge in [-0.1, -0.05) is 42.1 Å². The molecule has 12 heteroatoms. The van der Waals surface area contributed by atoms with Crippen LogP contribution in [0.4, 0.5) is 17.1 Å². The third kappa shape index (κ3) is 7.17. The van der Waals surface area contributed by atoms with E-state index in [4.69, 9.17) is 34.9 Å². The Balaban J connectivity index is 1.63. The lowest BCUT2D eigenvalue weighted by Crippen LogP contribution is -2.30. The van der Waals surface area contributed by atoms with Crippen molar-refractivity contribution >= 4 is 58.6 Å². The van der Waals surface area contributed by atoms with Crippen molar-refractivity contribution in [3.8, 4) is 11.1 Å². The summed E-state index contributed by atoms with van der Waals surface area (Å²) in [4.78, 5) is 13.1. The molecule has 0 radical (unpaired) electrons. The zero-order chi connectivity index (χ0) is 27.8. The fourth-order valence-electron chi connectivity index (χ4n) is 4.41. The highest BCUT2D eigenvalue weighted by Gasteiger charge is 2.20. The summed E-state index contributed by atoms with van der Waals surface area (Å²) in [5.74, 6) is 10.9. The second-order valence-electron chi connectivity index (χ2n) is 9.03. The Labute approximate surface area is 237 Å². The van der Waals surface area contributed by atoms with Crippen LogP contribution >= 0.6 is 23.2 Å². The van der Waals surface area contributed by atoms with E-state index in [1.807, 2.05) is 31.3 Å². The standard InChI is InChI=1S/C27H31Cl2N9O/c1-32-19-8-9-20-21-15-24(36-37-27(21)29)22(5-3-2-4-12-33-23(20)14-19)35-26(39)11-6-17-13-18(28)7-10-25(17)38(31)16-34-30/h6-11,13-16,22,32-33H,2-5,12,30-31H2,1H3,(H,35,39)/b11-6+,34-16-. The van der Waals surface area contributed by atoms with Crippen LogP contribution in [-0.4, -0.2) is 36.0 Å². The molecule has 39 heavy (non-hydrogen) atoms. The number of aromatic nitrogens is 2. The van der Waals surface area contributed by atoms with Crippen molar-refractivity contribution < 1.29 is 4.79 Å². The third-order valence-corrected chi connectivity index (χ3v) is 6.91. The molecule has 1 atom stereocenters. The van der Waals surface area contributed by atoms with E-state index in [2.05, 4.69) is 31.2 Å². The highest BCUT2D eigenvalue weighted by atomic mass is 35.5. The number of hydrogen-bond acceptors (Lipinski definition) is 8. The van der Waals surface area contributed by atoms with Crippen molar-refractivity contribution in [1.29, 1.82) is 0 Å². The Morgan fingerprint density at radius 1 is 1.13 bits per heavy atom. The molecule has 1 aliphatic heterocycles. The first-order chi connectivity index (χ1) is 18.9. The number of benzene rings is 2. The average Bonchev–Trinajstić information content (AvgIpc) is 2.93. The second-order valence-corrected chi connectivity index (χ2v) is 9.82. The molecule has 2 bridgehead atoms. The number of nitrogens with two attached hydrogens (primary N) is 2. The van der Waals surface area contributed by atoms with Gasteiger partial charge in [0.2, 0.25) is 5.91 Å². The first-order valence-corrected chi connectivity index (χ1v) is 13.3. The van der Waals surface area contributed by atoms with E-state index in [0.717, 1.165) is 48.3 Å². The summed E-state index contributed by atoms with van der Waals surface area (Å²) >= 11 is 12.7. The number of nitrogens with one attached hydrogen (secondary N) is 3. The Kier molecular flexibility index (Phi) is 9.59. The van der Waals surface area contributed by atoms with Gasteiger partial charge in [0.1, 0.15) is 6.34 Å². The van der Waals surface area contributed by atoms with Gasteiger partial charge in [-0.05, 0) is 55.3 Å². The summed E-state index contributed by atoms with van der Waals surface area (Å²) in [6.45, 7) is 0.817. The summed E-state index contributed by atoms with van der Waals surface area (Å²) in [6, 6.07) is 12.7. The minimum atomic E-state index is -0.354. The van der Waals surface area contributed by atoms with Gasteiger partial charge in [-0.15, -0.1) is 5.10 Å². The van der Waals surface area contributed by atoms with Crippen molar-refractivity contribution in [2.45, 2.75) is 31.7 Å². The molecule has 0 spiro atoms. The van der Waals surface area contributed by atoms with Gasteiger partial charge in [0.05, 0.1) is 17.4 Å². The highest BCUT2D eigenvalue weighted by molar-refractivity contribution is 6.32. The molecule has 4 rings (SSSR count). The van der Waals surface area contributed by atoms with Crippen molar-refractivity contribution in [2.24, 2.45) is 16.8 Å². The summed E-state index contributed by atoms with van der Waals surface area (Å²) < 4.78 is 0. The first kappa shape index (κ1) is 28.2. The lowest BCUT2D eigenvalue weighted by Gasteiger charge is -2.21. The average molecular weight is 569 g/mol. The molecule has 0 saturated carbocycles. The predicted molar refractivity (Wildman–Crippen MR) is 160 cm³/mol. The molecule has 3 aromatic rings. The number of carbonyl (C=O) groups excluding carboxylic acids is 1. The molecule has 2 heterocycles. The quantitative estimate of drug-likeness (QED) is 0.0925. The molecular weight excluding hydrogens is 537 g/mol. The maximum absolute atomic E-state index is 13.1. The van der Waals surface area contributed by atoms with Crippen molar-refractivity contribution in [2.75, 3.05) is 29.2 Å². The summed E-state index contributed by atoms with van der Waals surface area (Å²) in [6.07, 6.45) is 7.90. The SMILES string of the molecule is CNc1ccc2c(c1)NCCCCCC(NC(=O)/C=C/c1cc(Cl)ccc1N(N)/C=N\N)c1cc-2c(Cl)nn1. The van der Waals surface area contributed by atoms with E-state index in [0.29, 0.717) is 33.5 Å². The zero-order valence-corrected chi connectivity index (χ0v) is 23.0. The third-order valence-electron chi connectivity index (χ3n) is 6.40. The number of rotatable bonds is 6. The Bertz CT molecular complexity index is 1380. The van der Waals surface area contributed by atoms with Crippen LogP contribution in [0, 0.1) is 0 Å². The van der Waals surface area contributed by atoms with Gasteiger partial charge in [-0.3, -0.25) is 9.80 Å². The number of halogens is 2. The number of fused-ring (bicyclic) bond motifs is 4. The molecule has 7 N–H and O–H groups in total. The molecule has 0 saturated heterocycles. The number of amides is 1. The van der Waals surface area contributed by atoms with Crippen LogP contribution < -0.4 is 32.6 Å². The van der Waals surface area contributed by atoms with Crippen LogP contribution in [0.1, 0.15) is 43.0 Å². The van der Waals surface area contributed by atoms with E-state index in [1.165, 1.54) is 17.4 Å². The largest absolute Gasteiger partial charge is 0.388 e. The van der Waals surface area contributed by atoms with E-state index in [1.54, 1.807) is 24.3 Å². The van der Waals surface area contributed by atoms with Crippen LogP contribution in [0.2, 0.25) is 10.2 Å². The summed E-state index contributed by atoms with van der Waals surface area (Å²) in [5.41, 5.74) is 5.44. The van der Waals surface area contributed by atoms with Gasteiger partial charge in [-0.2, -0.15) is 10.2 Å². The summed E-state index contributed by atoms with van der Waals surface area (Å²) in [7, 11) is 1.88. The lowest BCUT2D eigenvalue weighted by atomic mass is 9.99. The molecule has 2 aromatic carbocycles. The molecule has 0 fully saturated rings. The van der Waals surface area contributed by atoms with Gasteiger partial charge in [-0.25, -0.2) is 5.84 Å². The van der Waals surface area contributed by atoms with Crippen molar-refractivity contribution in [1.82, 2.24) is 15.5 Å². The fraction of sp³-hybridized carbons (Fsp3) is 0.259. The van der Waals surface area contributed by atoms with Crippen LogP contribution in [0.5, 0.6) is 0 Å². The van der Waals surface area contributed by atoms with Crippen molar-refractivity contribution in [3.63, 3.8) is 0 Å². The molecule has 204 valence electrons. The zero-order valence-electron chi connectivity index (χ0n) is 21.5. The first-order valence-electron chi connectivity index (χ1n) is 12.5. The van der Waals surface area contributed by atoms with Gasteiger partial charge in [0.25, 0.3) is 0 Å². The Morgan fingerprint density at radius 3 is 2.77 bits per heavy atom. The maximum atomic E-state index is 13.1. The van der Waals surface area contributed by atoms with Crippen LogP contribution in [-0.2, 0) is 4.79 Å². The second kappa shape index (κ2) is 13.3. The van der Waals surface area contributed by atoms with E-state index in [9.17, 15) is 4.79 Å². The number of hydrazone groups is 1. The van der Waals surface area contributed by atoms with Crippen molar-refractivity contribution in [3.05, 3.63) is 70.0 Å². The molecule has 10 nitrogen and oxygen atoms in total. The molecule has 1 aromatic heterocycles. The van der Waals surface area contributed by atoms with E-state index < -0.39 is 0 Å². The number of hydrazine groups is 1. The number of anilines is 3. The van der Waals surface area contributed by atoms with Gasteiger partial charge < -0.3 is 21.8 Å². The smallest absolute Gasteiger partial charge is 0.244 e.